The molecule has 1 aliphatic heterocycles. The fraction of sp³-hybridized carbons (Fsp3) is 0.933. The molecular formula is C15H30BO3P. The molecule has 5 heteroatoms. The molecule has 0 amide bonds. The predicted molar refractivity (Wildman–Crippen MR) is 88.6 cm³/mol. The van der Waals surface area contributed by atoms with Gasteiger partial charge in [-0.15, -0.1) is 0 Å². The molecule has 2 rings (SSSR count). The van der Waals surface area contributed by atoms with Crippen LogP contribution in [0.25, 0.3) is 0 Å². The minimum absolute atomic E-state index is 0.187. The van der Waals surface area contributed by atoms with Crippen LogP contribution in [0.1, 0.15) is 52.9 Å². The summed E-state index contributed by atoms with van der Waals surface area (Å²) in [5, 5.41) is 9.46. The van der Waals surface area contributed by atoms with E-state index in [0.29, 0.717) is 17.9 Å². The molecule has 1 heterocycles. The normalized spacial score (nSPS) is 38.8. The average Bonchev–Trinajstić information content (AvgIpc) is 2.70. The van der Waals surface area contributed by atoms with Crippen LogP contribution in [0, 0.1) is 17.8 Å². The van der Waals surface area contributed by atoms with Crippen LogP contribution in [-0.4, -0.2) is 36.6 Å². The van der Waals surface area contributed by atoms with Crippen LogP contribution in [0.4, 0.5) is 0 Å². The molecule has 2 fully saturated rings. The second-order valence-electron chi connectivity index (χ2n) is 7.58. The predicted octanol–water partition coefficient (Wildman–Crippen LogP) is 2.92. The second kappa shape index (κ2) is 6.36. The van der Waals surface area contributed by atoms with E-state index < -0.39 is 13.3 Å². The summed E-state index contributed by atoms with van der Waals surface area (Å²) in [6, 6.07) is 0. The van der Waals surface area contributed by atoms with Gasteiger partial charge in [-0.1, -0.05) is 0 Å². The van der Waals surface area contributed by atoms with Crippen LogP contribution in [0.5, 0.6) is 0 Å². The number of hydrogen-bond acceptors (Lipinski definition) is 2. The van der Waals surface area contributed by atoms with E-state index in [4.69, 9.17) is 4.52 Å². The molecule has 0 radical (unpaired) electrons. The number of carboxylic acid groups (broad SMARTS) is 1. The molecule has 1 aliphatic carbocycles. The molecule has 0 aromatic rings. The number of carboxylic acids is 1. The van der Waals surface area contributed by atoms with Gasteiger partial charge in [0.05, 0.1) is 0 Å². The van der Waals surface area contributed by atoms with Crippen LogP contribution in [-0.2, 0) is 9.32 Å². The molecule has 4 atom stereocenters. The van der Waals surface area contributed by atoms with Gasteiger partial charge in [-0.2, -0.15) is 0 Å². The van der Waals surface area contributed by atoms with E-state index >= 15 is 0 Å². The van der Waals surface area contributed by atoms with Crippen molar-refractivity contribution >= 4 is 20.9 Å². The summed E-state index contributed by atoms with van der Waals surface area (Å²) >= 11 is 0. The zero-order valence-electron chi connectivity index (χ0n) is 13.4. The van der Waals surface area contributed by atoms with Crippen molar-refractivity contribution in [3.8, 4) is 0 Å². The summed E-state index contributed by atoms with van der Waals surface area (Å²) in [5.41, 5.74) is -0.187. The van der Waals surface area contributed by atoms with Gasteiger partial charge >= 0.3 is 124 Å². The Kier molecular flexibility index (Phi) is 5.18. The van der Waals surface area contributed by atoms with Crippen LogP contribution in [0.2, 0.25) is 0 Å². The monoisotopic (exact) mass is 300 g/mol. The van der Waals surface area contributed by atoms with Crippen molar-refractivity contribution in [3.63, 3.8) is 0 Å². The standard InChI is InChI=1S/C15H30BO3P/c1-10(2)12-7-6-11(3)9-13(12)19-20(16)8-4-5-14(20)15(17)18/h10-14,20H,4-9,16H2,1-3H3,(H,17,18)/t11?,12?,13?,14-/m1/s1. The van der Waals surface area contributed by atoms with E-state index in [1.807, 2.05) is 0 Å². The topological polar surface area (TPSA) is 46.5 Å². The Morgan fingerprint density at radius 3 is 2.65 bits per heavy atom. The molecule has 3 unspecified atom stereocenters. The van der Waals surface area contributed by atoms with Gasteiger partial charge in [0, 0.05) is 0 Å². The first-order chi connectivity index (χ1) is 9.33. The molecule has 0 spiro atoms. The van der Waals surface area contributed by atoms with Crippen molar-refractivity contribution in [1.29, 1.82) is 0 Å². The third-order valence-electron chi connectivity index (χ3n) is 5.58. The summed E-state index contributed by atoms with van der Waals surface area (Å²) in [6.45, 7) is 6.87. The van der Waals surface area contributed by atoms with E-state index in [-0.39, 0.29) is 5.66 Å². The summed E-state index contributed by atoms with van der Waals surface area (Å²) in [4.78, 5) is 11.5. The fourth-order valence-corrected chi connectivity index (χ4v) is 8.10. The van der Waals surface area contributed by atoms with E-state index in [0.717, 1.165) is 31.3 Å². The van der Waals surface area contributed by atoms with Gasteiger partial charge in [0.2, 0.25) is 0 Å². The number of carbonyl (C=O) groups is 1. The molecule has 1 saturated heterocycles. The first-order valence-electron chi connectivity index (χ1n) is 8.24. The van der Waals surface area contributed by atoms with Gasteiger partial charge < -0.3 is 0 Å². The Labute approximate surface area is 124 Å². The maximum atomic E-state index is 11.5. The Balaban J connectivity index is 2.10. The molecule has 2 aliphatic rings. The zero-order valence-corrected chi connectivity index (χ0v) is 14.4. The minimum atomic E-state index is -2.08. The van der Waals surface area contributed by atoms with Crippen molar-refractivity contribution in [2.24, 2.45) is 17.8 Å². The SMILES string of the molecule is B[PH]1(OC2CC(C)CCC2C(C)C)CCC[C@@H]1C(=O)O. The summed E-state index contributed by atoms with van der Waals surface area (Å²) < 4.78 is 6.62. The average molecular weight is 300 g/mol. The Hall–Kier alpha value is -0.0751. The molecular weight excluding hydrogens is 270 g/mol. The van der Waals surface area contributed by atoms with Gasteiger partial charge in [0.15, 0.2) is 0 Å². The molecule has 3 nitrogen and oxygen atoms in total. The van der Waals surface area contributed by atoms with E-state index in [9.17, 15) is 9.90 Å². The van der Waals surface area contributed by atoms with Gasteiger partial charge in [-0.05, 0) is 0 Å². The molecule has 1 N–H and O–H groups in total. The van der Waals surface area contributed by atoms with E-state index in [1.54, 1.807) is 0 Å². The molecule has 116 valence electrons. The van der Waals surface area contributed by atoms with E-state index in [1.165, 1.54) is 12.8 Å². The molecule has 0 aromatic carbocycles. The van der Waals surface area contributed by atoms with Crippen molar-refractivity contribution in [3.05, 3.63) is 0 Å². The van der Waals surface area contributed by atoms with Crippen LogP contribution < -0.4 is 0 Å². The Bertz CT molecular complexity index is 363. The third kappa shape index (κ3) is 3.39. The van der Waals surface area contributed by atoms with Crippen molar-refractivity contribution < 1.29 is 14.4 Å². The fourth-order valence-electron chi connectivity index (χ4n) is 4.26. The third-order valence-corrected chi connectivity index (χ3v) is 9.78. The summed E-state index contributed by atoms with van der Waals surface area (Å²) in [7, 11) is 0.0792. The molecule has 0 aromatic heterocycles. The second-order valence-corrected chi connectivity index (χ2v) is 11.6. The van der Waals surface area contributed by atoms with Gasteiger partial charge in [0.1, 0.15) is 0 Å². The van der Waals surface area contributed by atoms with Crippen molar-refractivity contribution in [2.45, 2.75) is 64.6 Å². The number of rotatable bonds is 4. The molecule has 20 heavy (non-hydrogen) atoms. The molecule has 0 bridgehead atoms. The van der Waals surface area contributed by atoms with Gasteiger partial charge in [0.25, 0.3) is 0 Å². The Morgan fingerprint density at radius 2 is 2.05 bits per heavy atom. The summed E-state index contributed by atoms with van der Waals surface area (Å²) in [5.74, 6) is 1.35. The number of aliphatic carboxylic acids is 1. The van der Waals surface area contributed by atoms with Crippen LogP contribution in [0.15, 0.2) is 0 Å². The maximum absolute atomic E-state index is 11.5. The Morgan fingerprint density at radius 1 is 1.35 bits per heavy atom. The van der Waals surface area contributed by atoms with Gasteiger partial charge in [-0.3, -0.25) is 0 Å². The molecule has 1 saturated carbocycles. The quantitative estimate of drug-likeness (QED) is 0.641. The summed E-state index contributed by atoms with van der Waals surface area (Å²) in [6.07, 6.45) is 6.85. The van der Waals surface area contributed by atoms with Crippen LogP contribution in [0.3, 0.4) is 0 Å². The first kappa shape index (κ1) is 16.3. The zero-order chi connectivity index (χ0) is 14.9. The number of hydrogen-bond donors (Lipinski definition) is 1. The van der Waals surface area contributed by atoms with Crippen LogP contribution >= 0.6 is 7.37 Å². The van der Waals surface area contributed by atoms with Gasteiger partial charge in [-0.25, -0.2) is 0 Å². The van der Waals surface area contributed by atoms with E-state index in [2.05, 4.69) is 28.3 Å². The van der Waals surface area contributed by atoms with Crippen molar-refractivity contribution in [1.82, 2.24) is 0 Å². The first-order valence-corrected chi connectivity index (χ1v) is 10.9. The van der Waals surface area contributed by atoms with Crippen molar-refractivity contribution in [2.75, 3.05) is 6.16 Å².